The molecule has 0 amide bonds. The number of hydrogen-bond acceptors (Lipinski definition) is 3. The molecule has 19 heavy (non-hydrogen) atoms. The first-order valence-corrected chi connectivity index (χ1v) is 7.44. The van der Waals surface area contributed by atoms with Crippen LogP contribution in [0.25, 0.3) is 0 Å². The molecule has 3 heteroatoms. The van der Waals surface area contributed by atoms with Crippen molar-refractivity contribution in [1.29, 1.82) is 0 Å². The SMILES string of the molecule is CCc1cc(C)ccc1N1CCN(C2COC2)CC1. The van der Waals surface area contributed by atoms with Gasteiger partial charge in [0.1, 0.15) is 0 Å². The molecule has 0 radical (unpaired) electrons. The van der Waals surface area contributed by atoms with Gasteiger partial charge in [0, 0.05) is 31.9 Å². The Morgan fingerprint density at radius 3 is 2.47 bits per heavy atom. The van der Waals surface area contributed by atoms with Crippen LogP contribution in [0, 0.1) is 6.92 Å². The van der Waals surface area contributed by atoms with Crippen molar-refractivity contribution in [1.82, 2.24) is 4.90 Å². The minimum atomic E-state index is 0.686. The summed E-state index contributed by atoms with van der Waals surface area (Å²) in [5, 5.41) is 0. The standard InChI is InChI=1S/C16H24N2O/c1-3-14-10-13(2)4-5-16(14)18-8-6-17(7-9-18)15-11-19-12-15/h4-5,10,15H,3,6-9,11-12H2,1-2H3. The summed E-state index contributed by atoms with van der Waals surface area (Å²) in [5.74, 6) is 0. The van der Waals surface area contributed by atoms with E-state index in [1.165, 1.54) is 29.9 Å². The van der Waals surface area contributed by atoms with Crippen LogP contribution in [-0.2, 0) is 11.2 Å². The van der Waals surface area contributed by atoms with Gasteiger partial charge in [-0.1, -0.05) is 24.6 Å². The summed E-state index contributed by atoms with van der Waals surface area (Å²) in [7, 11) is 0. The van der Waals surface area contributed by atoms with Crippen molar-refractivity contribution >= 4 is 5.69 Å². The molecule has 2 aliphatic heterocycles. The van der Waals surface area contributed by atoms with Gasteiger partial charge in [-0.15, -0.1) is 0 Å². The molecule has 104 valence electrons. The van der Waals surface area contributed by atoms with Gasteiger partial charge in [0.05, 0.1) is 19.3 Å². The van der Waals surface area contributed by atoms with Crippen molar-refractivity contribution in [2.75, 3.05) is 44.3 Å². The Hall–Kier alpha value is -1.06. The van der Waals surface area contributed by atoms with Gasteiger partial charge in [-0.3, -0.25) is 4.90 Å². The predicted octanol–water partition coefficient (Wildman–Crippen LogP) is 2.08. The number of hydrogen-bond donors (Lipinski definition) is 0. The van der Waals surface area contributed by atoms with Crippen LogP contribution < -0.4 is 4.90 Å². The number of piperazine rings is 1. The van der Waals surface area contributed by atoms with E-state index < -0.39 is 0 Å². The first-order chi connectivity index (χ1) is 9.28. The number of aryl methyl sites for hydroxylation is 2. The van der Waals surface area contributed by atoms with Crippen LogP contribution in [0.2, 0.25) is 0 Å². The monoisotopic (exact) mass is 260 g/mol. The van der Waals surface area contributed by atoms with Gasteiger partial charge in [0.15, 0.2) is 0 Å². The molecule has 3 nitrogen and oxygen atoms in total. The highest BCUT2D eigenvalue weighted by molar-refractivity contribution is 5.55. The molecule has 2 fully saturated rings. The van der Waals surface area contributed by atoms with Crippen LogP contribution in [-0.4, -0.2) is 50.3 Å². The van der Waals surface area contributed by atoms with Crippen LogP contribution in [0.1, 0.15) is 18.1 Å². The zero-order valence-corrected chi connectivity index (χ0v) is 12.1. The average Bonchev–Trinajstić information content (AvgIpc) is 2.38. The smallest absolute Gasteiger partial charge is 0.0645 e. The molecule has 0 spiro atoms. The van der Waals surface area contributed by atoms with Gasteiger partial charge < -0.3 is 9.64 Å². The highest BCUT2D eigenvalue weighted by atomic mass is 16.5. The minimum Gasteiger partial charge on any atom is -0.378 e. The van der Waals surface area contributed by atoms with E-state index in [2.05, 4.69) is 41.8 Å². The Kier molecular flexibility index (Phi) is 3.76. The molecule has 0 aromatic heterocycles. The minimum absolute atomic E-state index is 0.686. The second-order valence-electron chi connectivity index (χ2n) is 5.70. The number of nitrogens with zero attached hydrogens (tertiary/aromatic N) is 2. The molecule has 1 aromatic carbocycles. The molecule has 0 aliphatic carbocycles. The molecule has 1 aromatic rings. The maximum atomic E-state index is 5.29. The van der Waals surface area contributed by atoms with Crippen LogP contribution in [0.3, 0.4) is 0 Å². The lowest BCUT2D eigenvalue weighted by Gasteiger charge is -2.43. The van der Waals surface area contributed by atoms with Gasteiger partial charge in [0.25, 0.3) is 0 Å². The molecule has 0 saturated carbocycles. The van der Waals surface area contributed by atoms with Crippen LogP contribution in [0.4, 0.5) is 5.69 Å². The zero-order valence-electron chi connectivity index (χ0n) is 12.1. The lowest BCUT2D eigenvalue weighted by atomic mass is 10.1. The maximum absolute atomic E-state index is 5.29. The third-order valence-corrected chi connectivity index (χ3v) is 4.41. The van der Waals surface area contributed by atoms with Crippen molar-refractivity contribution in [2.24, 2.45) is 0 Å². The number of anilines is 1. The first-order valence-electron chi connectivity index (χ1n) is 7.44. The highest BCUT2D eigenvalue weighted by Crippen LogP contribution is 2.24. The lowest BCUT2D eigenvalue weighted by molar-refractivity contribution is -0.0660. The van der Waals surface area contributed by atoms with E-state index in [-0.39, 0.29) is 0 Å². The summed E-state index contributed by atoms with van der Waals surface area (Å²) >= 11 is 0. The van der Waals surface area contributed by atoms with E-state index in [4.69, 9.17) is 4.74 Å². The second kappa shape index (κ2) is 5.51. The molecule has 2 saturated heterocycles. The maximum Gasteiger partial charge on any atom is 0.0645 e. The summed E-state index contributed by atoms with van der Waals surface area (Å²) in [5.41, 5.74) is 4.30. The third-order valence-electron chi connectivity index (χ3n) is 4.41. The molecular formula is C16H24N2O. The molecule has 0 atom stereocenters. The molecular weight excluding hydrogens is 236 g/mol. The molecule has 2 aliphatic rings. The summed E-state index contributed by atoms with van der Waals surface area (Å²) in [6, 6.07) is 7.56. The quantitative estimate of drug-likeness (QED) is 0.827. The molecule has 0 bridgehead atoms. The topological polar surface area (TPSA) is 15.7 Å². The number of benzene rings is 1. The van der Waals surface area contributed by atoms with Crippen molar-refractivity contribution < 1.29 is 4.74 Å². The largest absolute Gasteiger partial charge is 0.378 e. The molecule has 2 heterocycles. The van der Waals surface area contributed by atoms with E-state index in [1.54, 1.807) is 0 Å². The first kappa shape index (κ1) is 12.9. The highest BCUT2D eigenvalue weighted by Gasteiger charge is 2.29. The fourth-order valence-electron chi connectivity index (χ4n) is 3.07. The van der Waals surface area contributed by atoms with Gasteiger partial charge in [-0.05, 0) is 25.0 Å². The van der Waals surface area contributed by atoms with Crippen LogP contribution >= 0.6 is 0 Å². The number of rotatable bonds is 3. The summed E-state index contributed by atoms with van der Waals surface area (Å²) in [6.45, 7) is 10.9. The fourth-order valence-corrected chi connectivity index (χ4v) is 3.07. The Balaban J connectivity index is 1.67. The molecule has 3 rings (SSSR count). The lowest BCUT2D eigenvalue weighted by Crippen LogP contribution is -2.56. The van der Waals surface area contributed by atoms with Crippen molar-refractivity contribution in [3.8, 4) is 0 Å². The second-order valence-corrected chi connectivity index (χ2v) is 5.70. The number of ether oxygens (including phenoxy) is 1. The van der Waals surface area contributed by atoms with E-state index in [1.807, 2.05) is 0 Å². The zero-order chi connectivity index (χ0) is 13.2. The average molecular weight is 260 g/mol. The summed E-state index contributed by atoms with van der Waals surface area (Å²) in [6.07, 6.45) is 1.12. The van der Waals surface area contributed by atoms with Crippen molar-refractivity contribution in [3.63, 3.8) is 0 Å². The molecule has 0 N–H and O–H groups in total. The van der Waals surface area contributed by atoms with E-state index in [0.717, 1.165) is 32.7 Å². The fraction of sp³-hybridized carbons (Fsp3) is 0.625. The van der Waals surface area contributed by atoms with Crippen LogP contribution in [0.15, 0.2) is 18.2 Å². The normalized spacial score (nSPS) is 21.5. The predicted molar refractivity (Wildman–Crippen MR) is 79.0 cm³/mol. The summed E-state index contributed by atoms with van der Waals surface area (Å²) in [4.78, 5) is 5.13. The van der Waals surface area contributed by atoms with Gasteiger partial charge in [0.2, 0.25) is 0 Å². The van der Waals surface area contributed by atoms with E-state index in [9.17, 15) is 0 Å². The van der Waals surface area contributed by atoms with Gasteiger partial charge >= 0.3 is 0 Å². The third kappa shape index (κ3) is 2.63. The molecule has 0 unspecified atom stereocenters. The van der Waals surface area contributed by atoms with E-state index in [0.29, 0.717) is 6.04 Å². The van der Waals surface area contributed by atoms with Crippen molar-refractivity contribution in [2.45, 2.75) is 26.3 Å². The van der Waals surface area contributed by atoms with Crippen molar-refractivity contribution in [3.05, 3.63) is 29.3 Å². The van der Waals surface area contributed by atoms with E-state index >= 15 is 0 Å². The summed E-state index contributed by atoms with van der Waals surface area (Å²) < 4.78 is 5.29. The Morgan fingerprint density at radius 1 is 1.16 bits per heavy atom. The van der Waals surface area contributed by atoms with Gasteiger partial charge in [-0.25, -0.2) is 0 Å². The van der Waals surface area contributed by atoms with Crippen LogP contribution in [0.5, 0.6) is 0 Å². The Bertz CT molecular complexity index is 434. The Labute approximate surface area is 116 Å². The Morgan fingerprint density at radius 2 is 1.89 bits per heavy atom. The van der Waals surface area contributed by atoms with Gasteiger partial charge in [-0.2, -0.15) is 0 Å².